The Bertz CT molecular complexity index is 630. The summed E-state index contributed by atoms with van der Waals surface area (Å²) in [5, 5.41) is 12.3. The zero-order chi connectivity index (χ0) is 13.7. The molecule has 0 aliphatic heterocycles. The standard InChI is InChI=1S/C13H13N3O2S/c1-2-8-19-9-6-14-12-11(13(17)18)16-7-4-3-5-10(16)15-12/h1,3-5,7,14H,6,8-9H2,(H,17,18). The lowest BCUT2D eigenvalue weighted by atomic mass is 10.4. The van der Waals surface area contributed by atoms with Crippen LogP contribution in [-0.4, -0.2) is 38.5 Å². The van der Waals surface area contributed by atoms with Crippen molar-refractivity contribution in [3.63, 3.8) is 0 Å². The molecule has 0 saturated heterocycles. The van der Waals surface area contributed by atoms with E-state index in [1.807, 2.05) is 6.07 Å². The second-order valence-electron chi connectivity index (χ2n) is 3.73. The summed E-state index contributed by atoms with van der Waals surface area (Å²) in [5.74, 6) is 3.38. The maximum atomic E-state index is 11.3. The fourth-order valence-electron chi connectivity index (χ4n) is 1.70. The molecule has 2 N–H and O–H groups in total. The summed E-state index contributed by atoms with van der Waals surface area (Å²) in [7, 11) is 0. The van der Waals surface area contributed by atoms with Crippen molar-refractivity contribution in [2.45, 2.75) is 0 Å². The number of thioether (sulfide) groups is 1. The van der Waals surface area contributed by atoms with Crippen LogP contribution in [0.1, 0.15) is 10.5 Å². The third kappa shape index (κ3) is 3.01. The Kier molecular flexibility index (Phi) is 4.31. The molecule has 0 aliphatic carbocycles. The molecular weight excluding hydrogens is 262 g/mol. The van der Waals surface area contributed by atoms with Crippen LogP contribution in [0.25, 0.3) is 5.65 Å². The number of hydrogen-bond acceptors (Lipinski definition) is 4. The summed E-state index contributed by atoms with van der Waals surface area (Å²) < 4.78 is 1.55. The fourth-order valence-corrected chi connectivity index (χ4v) is 2.20. The first-order valence-corrected chi connectivity index (χ1v) is 6.85. The molecule has 2 heterocycles. The maximum Gasteiger partial charge on any atom is 0.356 e. The zero-order valence-corrected chi connectivity index (χ0v) is 11.0. The number of terminal acetylenes is 1. The van der Waals surface area contributed by atoms with E-state index in [9.17, 15) is 9.90 Å². The van der Waals surface area contributed by atoms with Gasteiger partial charge in [0.25, 0.3) is 0 Å². The van der Waals surface area contributed by atoms with E-state index in [2.05, 4.69) is 16.2 Å². The van der Waals surface area contributed by atoms with Crippen molar-refractivity contribution in [2.24, 2.45) is 0 Å². The van der Waals surface area contributed by atoms with Crippen LogP contribution in [0.3, 0.4) is 0 Å². The van der Waals surface area contributed by atoms with Crippen LogP contribution in [0.4, 0.5) is 5.82 Å². The van der Waals surface area contributed by atoms with E-state index in [4.69, 9.17) is 6.42 Å². The van der Waals surface area contributed by atoms with Gasteiger partial charge >= 0.3 is 5.97 Å². The molecule has 98 valence electrons. The van der Waals surface area contributed by atoms with Crippen molar-refractivity contribution >= 4 is 29.2 Å². The smallest absolute Gasteiger partial charge is 0.356 e. The van der Waals surface area contributed by atoms with Crippen LogP contribution in [0.2, 0.25) is 0 Å². The van der Waals surface area contributed by atoms with Gasteiger partial charge < -0.3 is 10.4 Å². The van der Waals surface area contributed by atoms with E-state index in [1.165, 1.54) is 0 Å². The predicted octanol–water partition coefficient (Wildman–Crippen LogP) is 1.81. The van der Waals surface area contributed by atoms with Crippen molar-refractivity contribution < 1.29 is 9.90 Å². The number of aromatic nitrogens is 2. The summed E-state index contributed by atoms with van der Waals surface area (Å²) >= 11 is 1.61. The number of nitrogens with one attached hydrogen (secondary N) is 1. The monoisotopic (exact) mass is 275 g/mol. The Morgan fingerprint density at radius 2 is 2.42 bits per heavy atom. The molecular formula is C13H13N3O2S. The molecule has 2 aromatic heterocycles. The van der Waals surface area contributed by atoms with Crippen LogP contribution < -0.4 is 5.32 Å². The molecule has 19 heavy (non-hydrogen) atoms. The minimum atomic E-state index is -1.00. The highest BCUT2D eigenvalue weighted by Crippen LogP contribution is 2.17. The average Bonchev–Trinajstić information content (AvgIpc) is 2.76. The molecule has 0 aliphatic rings. The van der Waals surface area contributed by atoms with Gasteiger partial charge in [0.05, 0.1) is 5.75 Å². The molecule has 0 radical (unpaired) electrons. The van der Waals surface area contributed by atoms with Crippen LogP contribution in [0.15, 0.2) is 24.4 Å². The summed E-state index contributed by atoms with van der Waals surface area (Å²) in [6.45, 7) is 0.622. The second kappa shape index (κ2) is 6.16. The first-order valence-electron chi connectivity index (χ1n) is 5.69. The number of rotatable bonds is 6. The third-order valence-electron chi connectivity index (χ3n) is 2.46. The lowest BCUT2D eigenvalue weighted by molar-refractivity contribution is 0.0690. The molecule has 0 spiro atoms. The quantitative estimate of drug-likeness (QED) is 0.621. The molecule has 0 aromatic carbocycles. The summed E-state index contributed by atoms with van der Waals surface area (Å²) in [4.78, 5) is 15.6. The third-order valence-corrected chi connectivity index (χ3v) is 3.32. The topological polar surface area (TPSA) is 66.6 Å². The number of hydrogen-bond donors (Lipinski definition) is 2. The van der Waals surface area contributed by atoms with E-state index in [0.29, 0.717) is 23.8 Å². The van der Waals surface area contributed by atoms with Gasteiger partial charge in [-0.2, -0.15) is 0 Å². The van der Waals surface area contributed by atoms with Crippen molar-refractivity contribution in [1.82, 2.24) is 9.38 Å². The Morgan fingerprint density at radius 3 is 3.16 bits per heavy atom. The summed E-state index contributed by atoms with van der Waals surface area (Å²) in [6, 6.07) is 5.36. The number of carbonyl (C=O) groups is 1. The molecule has 0 amide bonds. The van der Waals surface area contributed by atoms with Crippen LogP contribution >= 0.6 is 11.8 Å². The molecule has 0 bridgehead atoms. The van der Waals surface area contributed by atoms with E-state index in [-0.39, 0.29) is 5.69 Å². The van der Waals surface area contributed by atoms with E-state index in [1.54, 1.807) is 34.5 Å². The molecule has 2 rings (SSSR count). The van der Waals surface area contributed by atoms with E-state index in [0.717, 1.165) is 5.75 Å². The predicted molar refractivity (Wildman–Crippen MR) is 76.8 cm³/mol. The number of anilines is 1. The van der Waals surface area contributed by atoms with Gasteiger partial charge in [0.15, 0.2) is 11.5 Å². The van der Waals surface area contributed by atoms with E-state index >= 15 is 0 Å². The average molecular weight is 275 g/mol. The Morgan fingerprint density at radius 1 is 1.58 bits per heavy atom. The van der Waals surface area contributed by atoms with Crippen molar-refractivity contribution in [1.29, 1.82) is 0 Å². The second-order valence-corrected chi connectivity index (χ2v) is 4.83. The normalized spacial score (nSPS) is 10.3. The maximum absolute atomic E-state index is 11.3. The molecule has 2 aromatic rings. The number of nitrogens with zero attached hydrogens (tertiary/aromatic N) is 2. The highest BCUT2D eigenvalue weighted by atomic mass is 32.2. The number of carboxylic acid groups (broad SMARTS) is 1. The minimum absolute atomic E-state index is 0.151. The fraction of sp³-hybridized carbons (Fsp3) is 0.231. The van der Waals surface area contributed by atoms with Crippen LogP contribution in [0, 0.1) is 12.3 Å². The minimum Gasteiger partial charge on any atom is -0.476 e. The molecule has 0 fully saturated rings. The van der Waals surface area contributed by atoms with Gasteiger partial charge in [0, 0.05) is 18.5 Å². The molecule has 0 saturated carbocycles. The number of aromatic carboxylic acids is 1. The molecule has 0 atom stereocenters. The lowest BCUT2D eigenvalue weighted by Crippen LogP contribution is -2.10. The largest absolute Gasteiger partial charge is 0.476 e. The number of pyridine rings is 1. The summed E-state index contributed by atoms with van der Waals surface area (Å²) in [6.07, 6.45) is 6.84. The lowest BCUT2D eigenvalue weighted by Gasteiger charge is -2.03. The van der Waals surface area contributed by atoms with Crippen molar-refractivity contribution in [3.05, 3.63) is 30.1 Å². The van der Waals surface area contributed by atoms with E-state index < -0.39 is 5.97 Å². The highest BCUT2D eigenvalue weighted by Gasteiger charge is 2.17. The Labute approximate surface area is 115 Å². The Hall–Kier alpha value is -2.13. The molecule has 5 nitrogen and oxygen atoms in total. The van der Waals surface area contributed by atoms with Crippen LogP contribution in [0.5, 0.6) is 0 Å². The SMILES string of the molecule is C#CCSCCNc1nc2ccccn2c1C(=O)O. The van der Waals surface area contributed by atoms with Gasteiger partial charge in [-0.15, -0.1) is 18.2 Å². The van der Waals surface area contributed by atoms with Gasteiger partial charge in [-0.25, -0.2) is 9.78 Å². The van der Waals surface area contributed by atoms with Gasteiger partial charge in [-0.3, -0.25) is 4.40 Å². The number of fused-ring (bicyclic) bond motifs is 1. The van der Waals surface area contributed by atoms with Gasteiger partial charge in [0.2, 0.25) is 0 Å². The zero-order valence-electron chi connectivity index (χ0n) is 10.2. The Balaban J connectivity index is 2.16. The summed E-state index contributed by atoms with van der Waals surface area (Å²) in [5.41, 5.74) is 0.760. The first-order chi connectivity index (χ1) is 9.24. The first kappa shape index (κ1) is 13.3. The van der Waals surface area contributed by atoms with Gasteiger partial charge in [0.1, 0.15) is 5.65 Å². The van der Waals surface area contributed by atoms with Crippen LogP contribution in [-0.2, 0) is 0 Å². The molecule has 6 heteroatoms. The molecule has 0 unspecified atom stereocenters. The van der Waals surface area contributed by atoms with Crippen molar-refractivity contribution in [3.8, 4) is 12.3 Å². The van der Waals surface area contributed by atoms with Crippen molar-refractivity contribution in [2.75, 3.05) is 23.4 Å². The van der Waals surface area contributed by atoms with Gasteiger partial charge in [-0.05, 0) is 12.1 Å². The number of imidazole rings is 1. The van der Waals surface area contributed by atoms with Gasteiger partial charge in [-0.1, -0.05) is 12.0 Å². The number of carboxylic acids is 1. The highest BCUT2D eigenvalue weighted by molar-refractivity contribution is 7.99.